The molecular formula is C23H22ClN3O5S. The van der Waals surface area contributed by atoms with Gasteiger partial charge in [-0.15, -0.1) is 0 Å². The third-order valence-corrected chi connectivity index (χ3v) is 6.57. The fourth-order valence-corrected chi connectivity index (χ4v) is 4.60. The number of amides is 1. The van der Waals surface area contributed by atoms with Gasteiger partial charge in [-0.25, -0.2) is 13.8 Å². The number of benzene rings is 3. The van der Waals surface area contributed by atoms with Crippen molar-refractivity contribution in [3.05, 3.63) is 83.4 Å². The van der Waals surface area contributed by atoms with Crippen LogP contribution in [0.25, 0.3) is 0 Å². The minimum Gasteiger partial charge on any atom is -0.496 e. The van der Waals surface area contributed by atoms with Crippen LogP contribution in [0.2, 0.25) is 5.02 Å². The van der Waals surface area contributed by atoms with E-state index in [1.165, 1.54) is 44.7 Å². The first-order valence-electron chi connectivity index (χ1n) is 9.73. The molecular weight excluding hydrogens is 466 g/mol. The Morgan fingerprint density at radius 3 is 2.36 bits per heavy atom. The summed E-state index contributed by atoms with van der Waals surface area (Å²) in [5.74, 6) is 0.152. The van der Waals surface area contributed by atoms with Gasteiger partial charge < -0.3 is 9.47 Å². The van der Waals surface area contributed by atoms with Crippen molar-refractivity contribution in [2.75, 3.05) is 25.1 Å². The van der Waals surface area contributed by atoms with E-state index in [9.17, 15) is 13.2 Å². The number of hydrogen-bond acceptors (Lipinski definition) is 6. The van der Waals surface area contributed by atoms with E-state index in [1.54, 1.807) is 48.5 Å². The summed E-state index contributed by atoms with van der Waals surface area (Å²) in [5, 5.41) is 4.21. The van der Waals surface area contributed by atoms with Crippen molar-refractivity contribution >= 4 is 39.4 Å². The number of hydrogen-bond donors (Lipinski definition) is 1. The molecule has 0 saturated heterocycles. The maximum atomic E-state index is 13.4. The number of nitrogens with zero attached hydrogens (tertiary/aromatic N) is 2. The van der Waals surface area contributed by atoms with E-state index >= 15 is 0 Å². The van der Waals surface area contributed by atoms with Gasteiger partial charge in [0, 0.05) is 10.6 Å². The number of anilines is 1. The molecule has 0 atom stereocenters. The average molecular weight is 488 g/mol. The summed E-state index contributed by atoms with van der Waals surface area (Å²) >= 11 is 6.12. The van der Waals surface area contributed by atoms with E-state index in [4.69, 9.17) is 21.1 Å². The quantitative estimate of drug-likeness (QED) is 0.366. The molecule has 33 heavy (non-hydrogen) atoms. The van der Waals surface area contributed by atoms with Gasteiger partial charge in [0.2, 0.25) is 0 Å². The second-order valence-corrected chi connectivity index (χ2v) is 8.97. The lowest BCUT2D eigenvalue weighted by Gasteiger charge is -2.25. The number of nitrogens with one attached hydrogen (secondary N) is 1. The number of para-hydroxylation sites is 1. The molecule has 3 aromatic rings. The first kappa shape index (κ1) is 24.1. The summed E-state index contributed by atoms with van der Waals surface area (Å²) in [6.07, 6.45) is 1.41. The number of halogens is 1. The number of rotatable bonds is 9. The second kappa shape index (κ2) is 10.8. The van der Waals surface area contributed by atoms with E-state index in [-0.39, 0.29) is 21.4 Å². The molecule has 3 rings (SSSR count). The smallest absolute Gasteiger partial charge is 0.264 e. The molecule has 0 bridgehead atoms. The molecule has 8 nitrogen and oxygen atoms in total. The van der Waals surface area contributed by atoms with Crippen molar-refractivity contribution in [3.63, 3.8) is 0 Å². The van der Waals surface area contributed by atoms with Gasteiger partial charge in [0.25, 0.3) is 15.9 Å². The maximum Gasteiger partial charge on any atom is 0.264 e. The topological polar surface area (TPSA) is 97.3 Å². The van der Waals surface area contributed by atoms with Crippen LogP contribution in [-0.4, -0.2) is 41.3 Å². The molecule has 172 valence electrons. The molecule has 0 spiro atoms. The Kier molecular flexibility index (Phi) is 7.92. The SMILES string of the molecule is COc1ccccc1/C=N\NC(=O)CN(c1cc(Cl)ccc1OC)S(=O)(=O)c1ccccc1. The highest BCUT2D eigenvalue weighted by molar-refractivity contribution is 7.92. The van der Waals surface area contributed by atoms with Crippen molar-refractivity contribution in [2.24, 2.45) is 5.10 Å². The molecule has 0 unspecified atom stereocenters. The molecule has 1 amide bonds. The molecule has 1 N–H and O–H groups in total. The van der Waals surface area contributed by atoms with Crippen LogP contribution in [0.1, 0.15) is 5.56 Å². The first-order chi connectivity index (χ1) is 15.9. The zero-order valence-electron chi connectivity index (χ0n) is 17.9. The van der Waals surface area contributed by atoms with Crippen molar-refractivity contribution in [2.45, 2.75) is 4.90 Å². The number of methoxy groups -OCH3 is 2. The van der Waals surface area contributed by atoms with E-state index in [2.05, 4.69) is 10.5 Å². The van der Waals surface area contributed by atoms with Crippen molar-refractivity contribution in [3.8, 4) is 11.5 Å². The third-order valence-electron chi connectivity index (χ3n) is 4.56. The predicted molar refractivity (Wildman–Crippen MR) is 128 cm³/mol. The summed E-state index contributed by atoms with van der Waals surface area (Å²) in [6.45, 7) is -0.558. The normalized spacial score (nSPS) is 11.2. The van der Waals surface area contributed by atoms with Gasteiger partial charge >= 0.3 is 0 Å². The summed E-state index contributed by atoms with van der Waals surface area (Å²) in [4.78, 5) is 12.7. The van der Waals surface area contributed by atoms with Gasteiger partial charge in [0.05, 0.1) is 31.0 Å². The Hall–Kier alpha value is -3.56. The lowest BCUT2D eigenvalue weighted by atomic mass is 10.2. The zero-order chi connectivity index (χ0) is 23.8. The van der Waals surface area contributed by atoms with E-state index in [0.29, 0.717) is 11.3 Å². The van der Waals surface area contributed by atoms with Gasteiger partial charge in [-0.05, 0) is 42.5 Å². The lowest BCUT2D eigenvalue weighted by Crippen LogP contribution is -2.39. The summed E-state index contributed by atoms with van der Waals surface area (Å²) in [5.41, 5.74) is 3.12. The zero-order valence-corrected chi connectivity index (χ0v) is 19.5. The van der Waals surface area contributed by atoms with E-state index in [1.807, 2.05) is 0 Å². The predicted octanol–water partition coefficient (Wildman–Crippen LogP) is 3.70. The van der Waals surface area contributed by atoms with Crippen LogP contribution in [0.3, 0.4) is 0 Å². The minimum absolute atomic E-state index is 0.0114. The highest BCUT2D eigenvalue weighted by Gasteiger charge is 2.29. The lowest BCUT2D eigenvalue weighted by molar-refractivity contribution is -0.119. The van der Waals surface area contributed by atoms with Crippen molar-refractivity contribution in [1.29, 1.82) is 0 Å². The molecule has 0 radical (unpaired) electrons. The van der Waals surface area contributed by atoms with Crippen LogP contribution in [0.5, 0.6) is 11.5 Å². The van der Waals surface area contributed by atoms with Gasteiger partial charge in [-0.3, -0.25) is 9.10 Å². The Morgan fingerprint density at radius 1 is 1.00 bits per heavy atom. The molecule has 10 heteroatoms. The van der Waals surface area contributed by atoms with Crippen LogP contribution in [0.15, 0.2) is 82.8 Å². The van der Waals surface area contributed by atoms with Crippen molar-refractivity contribution in [1.82, 2.24) is 5.43 Å². The summed E-state index contributed by atoms with van der Waals surface area (Å²) in [7, 11) is -1.20. The van der Waals surface area contributed by atoms with Gasteiger partial charge in [-0.2, -0.15) is 5.10 Å². The van der Waals surface area contributed by atoms with Gasteiger partial charge in [-0.1, -0.05) is 41.9 Å². The molecule has 0 aliphatic heterocycles. The number of carbonyl (C=O) groups is 1. The molecule has 0 heterocycles. The fourth-order valence-electron chi connectivity index (χ4n) is 2.99. The van der Waals surface area contributed by atoms with Gasteiger partial charge in [0.1, 0.15) is 18.0 Å². The molecule has 0 aromatic heterocycles. The monoisotopic (exact) mass is 487 g/mol. The number of hydrazone groups is 1. The maximum absolute atomic E-state index is 13.4. The Bertz CT molecular complexity index is 1250. The average Bonchev–Trinajstić information content (AvgIpc) is 2.83. The first-order valence-corrected chi connectivity index (χ1v) is 11.5. The second-order valence-electron chi connectivity index (χ2n) is 6.68. The minimum atomic E-state index is -4.12. The van der Waals surface area contributed by atoms with Gasteiger partial charge in [0.15, 0.2) is 0 Å². The Balaban J connectivity index is 1.91. The highest BCUT2D eigenvalue weighted by Crippen LogP contribution is 2.34. The fraction of sp³-hybridized carbons (Fsp3) is 0.130. The van der Waals surface area contributed by atoms with Crippen LogP contribution in [-0.2, 0) is 14.8 Å². The molecule has 0 fully saturated rings. The van der Waals surface area contributed by atoms with E-state index in [0.717, 1.165) is 4.31 Å². The van der Waals surface area contributed by atoms with Crippen LogP contribution >= 0.6 is 11.6 Å². The van der Waals surface area contributed by atoms with E-state index < -0.39 is 22.5 Å². The Morgan fingerprint density at radius 2 is 1.67 bits per heavy atom. The van der Waals surface area contributed by atoms with Crippen LogP contribution < -0.4 is 19.2 Å². The van der Waals surface area contributed by atoms with Crippen molar-refractivity contribution < 1.29 is 22.7 Å². The number of ether oxygens (including phenoxy) is 2. The Labute approximate surface area is 197 Å². The number of sulfonamides is 1. The third kappa shape index (κ3) is 5.82. The molecule has 3 aromatic carbocycles. The number of carbonyl (C=O) groups excluding carboxylic acids is 1. The summed E-state index contributed by atoms with van der Waals surface area (Å²) in [6, 6.07) is 19.4. The largest absolute Gasteiger partial charge is 0.496 e. The van der Waals surface area contributed by atoms with Crippen LogP contribution in [0, 0.1) is 0 Å². The highest BCUT2D eigenvalue weighted by atomic mass is 35.5. The summed E-state index contributed by atoms with van der Waals surface area (Å²) < 4.78 is 38.3. The van der Waals surface area contributed by atoms with Crippen LogP contribution in [0.4, 0.5) is 5.69 Å². The molecule has 0 saturated carbocycles. The molecule has 0 aliphatic rings. The standard InChI is InChI=1S/C23H22ClN3O5S/c1-31-21-11-7-6-8-17(21)15-25-26-23(28)16-27(20-14-18(24)12-13-22(20)32-2)33(29,30)19-9-4-3-5-10-19/h3-15H,16H2,1-2H3,(H,26,28)/b25-15-. The molecule has 0 aliphatic carbocycles.